The molecule has 0 atom stereocenters. The van der Waals surface area contributed by atoms with E-state index < -0.39 is 0 Å². The number of hydrogen-bond donors (Lipinski definition) is 2. The molecule has 0 unspecified atom stereocenters. The third-order valence-corrected chi connectivity index (χ3v) is 4.79. The Balaban J connectivity index is 2.00. The van der Waals surface area contributed by atoms with Gasteiger partial charge in [-0.25, -0.2) is 4.68 Å². The van der Waals surface area contributed by atoms with Crippen molar-refractivity contribution < 1.29 is 9.84 Å². The molecule has 3 aromatic rings. The largest absolute Gasteiger partial charge is 0.488 e. The van der Waals surface area contributed by atoms with Crippen molar-refractivity contribution >= 4 is 33.4 Å². The van der Waals surface area contributed by atoms with Crippen molar-refractivity contribution in [3.8, 4) is 17.9 Å². The van der Waals surface area contributed by atoms with Gasteiger partial charge in [-0.05, 0) is 29.8 Å². The van der Waals surface area contributed by atoms with E-state index in [4.69, 9.17) is 15.6 Å². The Kier molecular flexibility index (Phi) is 6.87. The molecule has 30 heavy (non-hydrogen) atoms. The minimum Gasteiger partial charge on any atom is -0.488 e. The fraction of sp³-hybridized carbons (Fsp3) is 0.136. The van der Waals surface area contributed by atoms with Crippen LogP contribution in [0.15, 0.2) is 53.0 Å². The van der Waals surface area contributed by atoms with Gasteiger partial charge in [-0.3, -0.25) is 0 Å². The van der Waals surface area contributed by atoms with E-state index in [2.05, 4.69) is 27.1 Å². The molecule has 0 fully saturated rings. The van der Waals surface area contributed by atoms with E-state index in [1.54, 1.807) is 12.1 Å². The average molecular weight is 464 g/mol. The zero-order chi connectivity index (χ0) is 21.5. The number of nitrogens with two attached hydrogens (primary N) is 1. The average Bonchev–Trinajstić information content (AvgIpc) is 3.07. The first-order chi connectivity index (χ1) is 14.6. The number of halogens is 1. The Labute approximate surface area is 182 Å². The fourth-order valence-corrected chi connectivity index (χ4v) is 3.23. The van der Waals surface area contributed by atoms with Crippen LogP contribution in [0.3, 0.4) is 0 Å². The summed E-state index contributed by atoms with van der Waals surface area (Å²) >= 11 is 3.44. The number of aliphatic hydroxyl groups is 1. The van der Waals surface area contributed by atoms with E-state index in [1.165, 1.54) is 4.68 Å². The van der Waals surface area contributed by atoms with Gasteiger partial charge in [0.1, 0.15) is 41.6 Å². The standard InChI is InChI=1S/C22H18BrN5O2/c23-18-6-7-20(30-14-15-4-2-1-3-5-15)16(11-18)10-17(12-24)21-19(13-25)22(26)28(27-21)8-9-29/h1-7,10-11,29H,8-9,14,26H2/b17-10+. The Morgan fingerprint density at radius 3 is 2.67 bits per heavy atom. The summed E-state index contributed by atoms with van der Waals surface area (Å²) in [5.41, 5.74) is 8.04. The second-order valence-electron chi connectivity index (χ2n) is 6.29. The smallest absolute Gasteiger partial charge is 0.140 e. The van der Waals surface area contributed by atoms with Crippen LogP contribution in [0.2, 0.25) is 0 Å². The predicted molar refractivity (Wildman–Crippen MR) is 117 cm³/mol. The number of rotatable bonds is 7. The molecule has 7 nitrogen and oxygen atoms in total. The summed E-state index contributed by atoms with van der Waals surface area (Å²) < 4.78 is 8.08. The molecule has 0 saturated heterocycles. The maximum atomic E-state index is 9.74. The van der Waals surface area contributed by atoms with Crippen molar-refractivity contribution in [2.45, 2.75) is 13.2 Å². The number of hydrogen-bond acceptors (Lipinski definition) is 6. The summed E-state index contributed by atoms with van der Waals surface area (Å²) in [6.07, 6.45) is 1.61. The van der Waals surface area contributed by atoms with Crippen molar-refractivity contribution in [1.82, 2.24) is 9.78 Å². The molecule has 1 aromatic heterocycles. The molecular formula is C22H18BrN5O2. The molecule has 0 spiro atoms. The lowest BCUT2D eigenvalue weighted by Gasteiger charge is -2.10. The van der Waals surface area contributed by atoms with Crippen molar-refractivity contribution in [2.24, 2.45) is 0 Å². The Morgan fingerprint density at radius 2 is 2.00 bits per heavy atom. The normalized spacial score (nSPS) is 11.0. The first-order valence-corrected chi connectivity index (χ1v) is 9.82. The highest BCUT2D eigenvalue weighted by atomic mass is 79.9. The maximum absolute atomic E-state index is 9.74. The van der Waals surface area contributed by atoms with Gasteiger partial charge in [0.05, 0.1) is 18.7 Å². The molecule has 8 heteroatoms. The highest BCUT2D eigenvalue weighted by Crippen LogP contribution is 2.30. The molecule has 0 saturated carbocycles. The zero-order valence-electron chi connectivity index (χ0n) is 15.9. The first kappa shape index (κ1) is 21.1. The van der Waals surface area contributed by atoms with Crippen molar-refractivity contribution in [1.29, 1.82) is 10.5 Å². The van der Waals surface area contributed by atoms with Gasteiger partial charge in [-0.1, -0.05) is 46.3 Å². The molecule has 3 N–H and O–H groups in total. The van der Waals surface area contributed by atoms with E-state index >= 15 is 0 Å². The molecule has 0 radical (unpaired) electrons. The molecule has 150 valence electrons. The van der Waals surface area contributed by atoms with Gasteiger partial charge >= 0.3 is 0 Å². The van der Waals surface area contributed by atoms with E-state index in [1.807, 2.05) is 48.5 Å². The van der Waals surface area contributed by atoms with Crippen LogP contribution in [0.5, 0.6) is 5.75 Å². The van der Waals surface area contributed by atoms with Crippen molar-refractivity contribution in [3.63, 3.8) is 0 Å². The van der Waals surface area contributed by atoms with Crippen LogP contribution in [-0.2, 0) is 13.2 Å². The zero-order valence-corrected chi connectivity index (χ0v) is 17.5. The molecule has 0 aliphatic heterocycles. The molecule has 1 heterocycles. The van der Waals surface area contributed by atoms with Crippen LogP contribution in [-0.4, -0.2) is 21.5 Å². The number of ether oxygens (including phenoxy) is 1. The topological polar surface area (TPSA) is 121 Å². The third-order valence-electron chi connectivity index (χ3n) is 4.30. The number of anilines is 1. The molecule has 0 amide bonds. The number of benzene rings is 2. The molecule has 0 bridgehead atoms. The van der Waals surface area contributed by atoms with Crippen molar-refractivity contribution in [3.05, 3.63) is 75.4 Å². The number of aliphatic hydroxyl groups excluding tert-OH is 1. The molecule has 0 aliphatic rings. The van der Waals surface area contributed by atoms with E-state index in [0.717, 1.165) is 10.0 Å². The number of allylic oxidation sites excluding steroid dienone is 1. The maximum Gasteiger partial charge on any atom is 0.140 e. The predicted octanol–water partition coefficient (Wildman–Crippen LogP) is 3.73. The molecule has 3 rings (SSSR count). The number of nitrogen functional groups attached to an aromatic ring is 1. The summed E-state index contributed by atoms with van der Waals surface area (Å²) in [6.45, 7) is 0.305. The molecule has 0 aliphatic carbocycles. The van der Waals surface area contributed by atoms with Crippen LogP contribution in [0.4, 0.5) is 5.82 Å². The lowest BCUT2D eigenvalue weighted by Crippen LogP contribution is -2.07. The van der Waals surface area contributed by atoms with Gasteiger partial charge in [0.25, 0.3) is 0 Å². The summed E-state index contributed by atoms with van der Waals surface area (Å²) in [5.74, 6) is 0.688. The first-order valence-electron chi connectivity index (χ1n) is 9.03. The van der Waals surface area contributed by atoms with Gasteiger partial charge in [-0.2, -0.15) is 15.6 Å². The summed E-state index contributed by atoms with van der Waals surface area (Å²) in [6, 6.07) is 19.3. The second-order valence-corrected chi connectivity index (χ2v) is 7.21. The summed E-state index contributed by atoms with van der Waals surface area (Å²) in [7, 11) is 0. The molecular weight excluding hydrogens is 446 g/mol. The van der Waals surface area contributed by atoms with Gasteiger partial charge in [0.15, 0.2) is 0 Å². The van der Waals surface area contributed by atoms with Gasteiger partial charge in [0, 0.05) is 10.0 Å². The third kappa shape index (κ3) is 4.69. The number of nitrogens with zero attached hydrogens (tertiary/aromatic N) is 4. The van der Waals surface area contributed by atoms with E-state index in [9.17, 15) is 10.5 Å². The second kappa shape index (κ2) is 9.75. The Bertz CT molecular complexity index is 1160. The fourth-order valence-electron chi connectivity index (χ4n) is 2.85. The Hall–Kier alpha value is -3.59. The molecule has 2 aromatic carbocycles. The van der Waals surface area contributed by atoms with Gasteiger partial charge in [0.2, 0.25) is 0 Å². The highest BCUT2D eigenvalue weighted by molar-refractivity contribution is 9.10. The minimum atomic E-state index is -0.190. The summed E-state index contributed by atoms with van der Waals surface area (Å²) in [4.78, 5) is 0. The minimum absolute atomic E-state index is 0.0954. The quantitative estimate of drug-likeness (QED) is 0.514. The van der Waals surface area contributed by atoms with Crippen LogP contribution in [0.25, 0.3) is 11.6 Å². The van der Waals surface area contributed by atoms with Crippen LogP contribution in [0, 0.1) is 22.7 Å². The number of aromatic nitrogens is 2. The SMILES string of the molecule is N#C/C(=C\c1cc(Br)ccc1OCc1ccccc1)c1nn(CCO)c(N)c1C#N. The van der Waals surface area contributed by atoms with Gasteiger partial charge < -0.3 is 15.6 Å². The Morgan fingerprint density at radius 1 is 1.23 bits per heavy atom. The monoisotopic (exact) mass is 463 g/mol. The van der Waals surface area contributed by atoms with E-state index in [0.29, 0.717) is 17.9 Å². The lowest BCUT2D eigenvalue weighted by molar-refractivity contribution is 0.270. The van der Waals surface area contributed by atoms with Crippen molar-refractivity contribution in [2.75, 3.05) is 12.3 Å². The number of nitriles is 2. The lowest BCUT2D eigenvalue weighted by atomic mass is 10.1. The van der Waals surface area contributed by atoms with E-state index in [-0.39, 0.29) is 35.8 Å². The van der Waals surface area contributed by atoms with Crippen LogP contribution < -0.4 is 10.5 Å². The van der Waals surface area contributed by atoms with Crippen LogP contribution >= 0.6 is 15.9 Å². The highest BCUT2D eigenvalue weighted by Gasteiger charge is 2.19. The summed E-state index contributed by atoms with van der Waals surface area (Å²) in [5, 5.41) is 32.6. The van der Waals surface area contributed by atoms with Gasteiger partial charge in [-0.15, -0.1) is 0 Å². The van der Waals surface area contributed by atoms with Crippen LogP contribution in [0.1, 0.15) is 22.4 Å².